The molecule has 0 fully saturated rings. The van der Waals surface area contributed by atoms with Crippen LogP contribution in [-0.2, 0) is 11.3 Å². The fourth-order valence-electron chi connectivity index (χ4n) is 3.16. The van der Waals surface area contributed by atoms with Gasteiger partial charge in [0.1, 0.15) is 5.60 Å². The summed E-state index contributed by atoms with van der Waals surface area (Å²) in [6.07, 6.45) is 3.66. The maximum atomic E-state index is 12.3. The summed E-state index contributed by atoms with van der Waals surface area (Å²) in [5.74, 6) is 0. The first-order chi connectivity index (χ1) is 13.2. The van der Waals surface area contributed by atoms with E-state index in [2.05, 4.69) is 19.2 Å². The van der Waals surface area contributed by atoms with Crippen LogP contribution in [0.4, 0.5) is 9.59 Å². The van der Waals surface area contributed by atoms with Gasteiger partial charge in [-0.25, -0.2) is 9.59 Å². The maximum absolute atomic E-state index is 12.3. The molecule has 2 atom stereocenters. The van der Waals surface area contributed by atoms with Gasteiger partial charge in [0.2, 0.25) is 0 Å². The van der Waals surface area contributed by atoms with Crippen molar-refractivity contribution in [3.8, 4) is 0 Å². The second-order valence-corrected chi connectivity index (χ2v) is 9.19. The Labute approximate surface area is 173 Å². The van der Waals surface area contributed by atoms with Crippen LogP contribution in [0.2, 0.25) is 0 Å². The topological polar surface area (TPSA) is 78.9 Å². The quantitative estimate of drug-likeness (QED) is 0.476. The second-order valence-electron chi connectivity index (χ2n) is 8.15. The monoisotopic (exact) mass is 412 g/mol. The Morgan fingerprint density at radius 3 is 2.46 bits per heavy atom. The molecule has 2 amide bonds. The molecule has 0 bridgehead atoms. The standard InChI is InChI=1S/C21H36N2O4S/c1-6-8-11-16(22-19(24)27-21(3,4)5)14-17(10-7-2)23(20(25)26)15-18-12-9-13-28-18/h9,12-13,16-17H,6-8,10-11,14-15H2,1-5H3,(H,22,24)(H,25,26)/t16-,17?/m0/s1. The molecule has 1 aromatic rings. The van der Waals surface area contributed by atoms with E-state index in [1.807, 2.05) is 38.3 Å². The van der Waals surface area contributed by atoms with Crippen LogP contribution in [0.3, 0.4) is 0 Å². The maximum Gasteiger partial charge on any atom is 0.407 e. The van der Waals surface area contributed by atoms with Crippen molar-refractivity contribution in [2.45, 2.75) is 97.4 Å². The number of carboxylic acid groups (broad SMARTS) is 1. The molecule has 0 saturated heterocycles. The largest absolute Gasteiger partial charge is 0.465 e. The van der Waals surface area contributed by atoms with Gasteiger partial charge in [-0.1, -0.05) is 39.2 Å². The molecule has 0 saturated carbocycles. The van der Waals surface area contributed by atoms with Crippen LogP contribution < -0.4 is 5.32 Å². The number of amides is 2. The summed E-state index contributed by atoms with van der Waals surface area (Å²) in [4.78, 5) is 26.8. The molecule has 1 aromatic heterocycles. The van der Waals surface area contributed by atoms with E-state index in [0.717, 1.165) is 37.0 Å². The number of ether oxygens (including phenoxy) is 1. The van der Waals surface area contributed by atoms with Crippen molar-refractivity contribution in [1.82, 2.24) is 10.2 Å². The molecule has 28 heavy (non-hydrogen) atoms. The van der Waals surface area contributed by atoms with Gasteiger partial charge < -0.3 is 20.1 Å². The number of carbonyl (C=O) groups is 2. The van der Waals surface area contributed by atoms with Crippen molar-refractivity contribution in [2.75, 3.05) is 0 Å². The number of carbonyl (C=O) groups excluding carboxylic acids is 1. The SMILES string of the molecule is CCCC[C@@H](CC(CCC)N(Cc1cccs1)C(=O)O)NC(=O)OC(C)(C)C. The average molecular weight is 413 g/mol. The number of alkyl carbamates (subject to hydrolysis) is 1. The molecule has 1 heterocycles. The highest BCUT2D eigenvalue weighted by Gasteiger charge is 2.28. The summed E-state index contributed by atoms with van der Waals surface area (Å²) in [6, 6.07) is 3.62. The highest BCUT2D eigenvalue weighted by molar-refractivity contribution is 7.09. The first-order valence-electron chi connectivity index (χ1n) is 10.2. The number of hydrogen-bond acceptors (Lipinski definition) is 4. The summed E-state index contributed by atoms with van der Waals surface area (Å²) < 4.78 is 5.40. The van der Waals surface area contributed by atoms with Gasteiger partial charge in [0.05, 0.1) is 6.54 Å². The number of unbranched alkanes of at least 4 members (excludes halogenated alkanes) is 1. The molecular weight excluding hydrogens is 376 g/mol. The minimum Gasteiger partial charge on any atom is -0.465 e. The van der Waals surface area contributed by atoms with Gasteiger partial charge in [0, 0.05) is 17.0 Å². The third kappa shape index (κ3) is 9.44. The van der Waals surface area contributed by atoms with Crippen LogP contribution in [0.1, 0.15) is 78.0 Å². The van der Waals surface area contributed by atoms with Crippen LogP contribution in [0.5, 0.6) is 0 Å². The zero-order valence-electron chi connectivity index (χ0n) is 17.9. The lowest BCUT2D eigenvalue weighted by atomic mass is 9.97. The first-order valence-corrected chi connectivity index (χ1v) is 11.1. The number of thiophene rings is 1. The molecule has 1 rings (SSSR count). The summed E-state index contributed by atoms with van der Waals surface area (Å²) in [5, 5.41) is 14.7. The lowest BCUT2D eigenvalue weighted by Gasteiger charge is -2.32. The lowest BCUT2D eigenvalue weighted by molar-refractivity contribution is 0.0485. The van der Waals surface area contributed by atoms with E-state index in [9.17, 15) is 14.7 Å². The van der Waals surface area contributed by atoms with Crippen LogP contribution in [0, 0.1) is 0 Å². The highest BCUT2D eigenvalue weighted by Crippen LogP contribution is 2.21. The van der Waals surface area contributed by atoms with Crippen molar-refractivity contribution in [3.63, 3.8) is 0 Å². The van der Waals surface area contributed by atoms with Crippen molar-refractivity contribution in [1.29, 1.82) is 0 Å². The zero-order chi connectivity index (χ0) is 21.2. The van der Waals surface area contributed by atoms with Crippen LogP contribution >= 0.6 is 11.3 Å². The van der Waals surface area contributed by atoms with E-state index in [1.165, 1.54) is 4.90 Å². The zero-order valence-corrected chi connectivity index (χ0v) is 18.7. The predicted octanol–water partition coefficient (Wildman–Crippen LogP) is 5.87. The number of rotatable bonds is 11. The van der Waals surface area contributed by atoms with Gasteiger partial charge in [-0.05, 0) is 51.5 Å². The molecular formula is C21H36N2O4S. The molecule has 0 radical (unpaired) electrons. The normalized spacial score (nSPS) is 13.6. The average Bonchev–Trinajstić information content (AvgIpc) is 3.08. The minimum absolute atomic E-state index is 0.114. The molecule has 0 spiro atoms. The van der Waals surface area contributed by atoms with Gasteiger partial charge in [-0.3, -0.25) is 0 Å². The Morgan fingerprint density at radius 1 is 1.25 bits per heavy atom. The summed E-state index contributed by atoms with van der Waals surface area (Å²) >= 11 is 1.56. The van der Waals surface area contributed by atoms with Crippen molar-refractivity contribution < 1.29 is 19.4 Å². The van der Waals surface area contributed by atoms with Crippen molar-refractivity contribution in [3.05, 3.63) is 22.4 Å². The number of nitrogens with zero attached hydrogens (tertiary/aromatic N) is 1. The molecule has 6 nitrogen and oxygen atoms in total. The molecule has 0 aliphatic rings. The molecule has 2 N–H and O–H groups in total. The smallest absolute Gasteiger partial charge is 0.407 e. The predicted molar refractivity (Wildman–Crippen MR) is 114 cm³/mol. The number of hydrogen-bond donors (Lipinski definition) is 2. The van der Waals surface area contributed by atoms with Crippen LogP contribution in [-0.4, -0.2) is 39.9 Å². The van der Waals surface area contributed by atoms with E-state index in [-0.39, 0.29) is 12.1 Å². The number of nitrogens with one attached hydrogen (secondary N) is 1. The van der Waals surface area contributed by atoms with Crippen molar-refractivity contribution in [2.24, 2.45) is 0 Å². The molecule has 0 aromatic carbocycles. The lowest BCUT2D eigenvalue weighted by Crippen LogP contribution is -2.46. The van der Waals surface area contributed by atoms with E-state index in [1.54, 1.807) is 11.3 Å². The second kappa shape index (κ2) is 11.9. The Morgan fingerprint density at radius 2 is 1.96 bits per heavy atom. The van der Waals surface area contributed by atoms with Gasteiger partial charge >= 0.3 is 12.2 Å². The molecule has 160 valence electrons. The third-order valence-corrected chi connectivity index (χ3v) is 5.26. The van der Waals surface area contributed by atoms with Crippen molar-refractivity contribution >= 4 is 23.5 Å². The summed E-state index contributed by atoms with van der Waals surface area (Å²) in [6.45, 7) is 10.0. The van der Waals surface area contributed by atoms with Crippen LogP contribution in [0.15, 0.2) is 17.5 Å². The molecule has 0 aliphatic heterocycles. The van der Waals surface area contributed by atoms with Gasteiger partial charge in [0.15, 0.2) is 0 Å². The summed E-state index contributed by atoms with van der Waals surface area (Å²) in [5.41, 5.74) is -0.561. The van der Waals surface area contributed by atoms with E-state index in [0.29, 0.717) is 13.0 Å². The van der Waals surface area contributed by atoms with E-state index in [4.69, 9.17) is 4.74 Å². The van der Waals surface area contributed by atoms with E-state index < -0.39 is 17.8 Å². The van der Waals surface area contributed by atoms with Crippen LogP contribution in [0.25, 0.3) is 0 Å². The van der Waals surface area contributed by atoms with E-state index >= 15 is 0 Å². The first kappa shape index (κ1) is 24.3. The Bertz CT molecular complexity index is 584. The van der Waals surface area contributed by atoms with Gasteiger partial charge in [0.25, 0.3) is 0 Å². The Balaban J connectivity index is 2.89. The third-order valence-electron chi connectivity index (χ3n) is 4.40. The molecule has 0 aliphatic carbocycles. The molecule has 7 heteroatoms. The fraction of sp³-hybridized carbons (Fsp3) is 0.714. The molecule has 1 unspecified atom stereocenters. The Hall–Kier alpha value is -1.76. The Kier molecular flexibility index (Phi) is 10.4. The summed E-state index contributed by atoms with van der Waals surface area (Å²) in [7, 11) is 0. The van der Waals surface area contributed by atoms with Gasteiger partial charge in [-0.15, -0.1) is 11.3 Å². The fourth-order valence-corrected chi connectivity index (χ4v) is 3.86. The minimum atomic E-state index is -0.918. The highest BCUT2D eigenvalue weighted by atomic mass is 32.1. The van der Waals surface area contributed by atoms with Gasteiger partial charge in [-0.2, -0.15) is 0 Å².